The molecule has 1 atom stereocenters. The molecule has 0 saturated carbocycles. The number of nitrogens with zero attached hydrogens (tertiary/aromatic N) is 3. The van der Waals surface area contributed by atoms with Crippen LogP contribution in [0.5, 0.6) is 0 Å². The number of fused-ring (bicyclic) bond motifs is 3. The molecule has 0 bridgehead atoms. The lowest BCUT2D eigenvalue weighted by Gasteiger charge is -2.16. The fourth-order valence-electron chi connectivity index (χ4n) is 4.07. The van der Waals surface area contributed by atoms with Gasteiger partial charge in [-0.2, -0.15) is 0 Å². The van der Waals surface area contributed by atoms with Crippen molar-refractivity contribution in [2.75, 3.05) is 32.2 Å². The second-order valence-corrected chi connectivity index (χ2v) is 12.6. The van der Waals surface area contributed by atoms with E-state index in [2.05, 4.69) is 0 Å². The van der Waals surface area contributed by atoms with Gasteiger partial charge < -0.3 is 4.74 Å². The van der Waals surface area contributed by atoms with Crippen molar-refractivity contribution in [1.29, 1.82) is 0 Å². The lowest BCUT2D eigenvalue weighted by molar-refractivity contribution is 0.0937. The largest absolute Gasteiger partial charge is 0.376 e. The molecule has 7 nitrogen and oxygen atoms in total. The highest BCUT2D eigenvalue weighted by Crippen LogP contribution is 2.35. The highest BCUT2D eigenvalue weighted by molar-refractivity contribution is 7.99. The number of hydrogen-bond donors (Lipinski definition) is 0. The molecule has 2 aromatic rings. The monoisotopic (exact) mass is 471 g/mol. The molecule has 2 aromatic heterocycles. The minimum absolute atomic E-state index is 0.0401. The zero-order valence-corrected chi connectivity index (χ0v) is 20.0. The SMILES string of the molecule is CN(C)S(=O)(=O)CCCSc1nc2sc3c(c2c(=O)n1CC1CCCO1)CCCC3. The first-order chi connectivity index (χ1) is 14.4. The molecule has 10 heteroatoms. The van der Waals surface area contributed by atoms with Crippen LogP contribution < -0.4 is 5.56 Å². The Balaban J connectivity index is 1.62. The van der Waals surface area contributed by atoms with Crippen molar-refractivity contribution in [3.05, 3.63) is 20.8 Å². The molecule has 0 aromatic carbocycles. The van der Waals surface area contributed by atoms with Gasteiger partial charge in [-0.05, 0) is 50.5 Å². The van der Waals surface area contributed by atoms with Crippen molar-refractivity contribution in [3.8, 4) is 0 Å². The topological polar surface area (TPSA) is 81.5 Å². The number of aryl methyl sites for hydroxylation is 2. The highest BCUT2D eigenvalue weighted by Gasteiger charge is 2.25. The standard InChI is InChI=1S/C20H29N3O4S3/c1-22(2)30(25,26)12-6-11-28-20-21-18-17(15-8-3-4-9-16(15)29-18)19(24)23(20)13-14-7-5-10-27-14/h14H,3-13H2,1-2H3. The molecule has 0 amide bonds. The third-order valence-electron chi connectivity index (χ3n) is 5.78. The average molecular weight is 472 g/mol. The maximum Gasteiger partial charge on any atom is 0.263 e. The van der Waals surface area contributed by atoms with Gasteiger partial charge in [-0.25, -0.2) is 17.7 Å². The van der Waals surface area contributed by atoms with E-state index in [0.717, 1.165) is 48.9 Å². The van der Waals surface area contributed by atoms with Gasteiger partial charge in [0, 0.05) is 31.3 Å². The van der Waals surface area contributed by atoms with E-state index in [1.165, 1.54) is 32.9 Å². The predicted molar refractivity (Wildman–Crippen MR) is 122 cm³/mol. The maximum atomic E-state index is 13.5. The summed E-state index contributed by atoms with van der Waals surface area (Å²) in [4.78, 5) is 20.5. The Labute approximate surface area is 185 Å². The van der Waals surface area contributed by atoms with Crippen LogP contribution in [0.25, 0.3) is 10.2 Å². The molecule has 0 radical (unpaired) electrons. The zero-order chi connectivity index (χ0) is 21.3. The first-order valence-electron chi connectivity index (χ1n) is 10.6. The Morgan fingerprint density at radius 1 is 1.27 bits per heavy atom. The molecule has 1 aliphatic heterocycles. The minimum Gasteiger partial charge on any atom is -0.376 e. The number of sulfonamides is 1. The maximum absolute atomic E-state index is 13.5. The zero-order valence-electron chi connectivity index (χ0n) is 17.6. The molecule has 0 spiro atoms. The van der Waals surface area contributed by atoms with Crippen LogP contribution in [0, 0.1) is 0 Å². The van der Waals surface area contributed by atoms with E-state index in [1.54, 1.807) is 30.0 Å². The molecule has 1 aliphatic carbocycles. The highest BCUT2D eigenvalue weighted by atomic mass is 32.2. The molecule has 1 saturated heterocycles. The predicted octanol–water partition coefficient (Wildman–Crippen LogP) is 2.89. The summed E-state index contributed by atoms with van der Waals surface area (Å²) < 4.78 is 32.9. The number of rotatable bonds is 8. The van der Waals surface area contributed by atoms with Crippen molar-refractivity contribution in [2.24, 2.45) is 0 Å². The molecular formula is C20H29N3O4S3. The third kappa shape index (κ3) is 4.62. The molecule has 1 unspecified atom stereocenters. The van der Waals surface area contributed by atoms with Crippen molar-refractivity contribution in [2.45, 2.75) is 62.8 Å². The van der Waals surface area contributed by atoms with Crippen molar-refractivity contribution in [1.82, 2.24) is 13.9 Å². The Bertz CT molecular complexity index is 1070. The average Bonchev–Trinajstić information content (AvgIpc) is 3.35. The Morgan fingerprint density at radius 2 is 2.07 bits per heavy atom. The number of hydrogen-bond acceptors (Lipinski definition) is 7. The summed E-state index contributed by atoms with van der Waals surface area (Å²) in [5, 5.41) is 1.48. The molecular weight excluding hydrogens is 442 g/mol. The van der Waals surface area contributed by atoms with Crippen molar-refractivity contribution >= 4 is 43.3 Å². The molecule has 4 rings (SSSR count). The van der Waals surface area contributed by atoms with Gasteiger partial charge in [-0.15, -0.1) is 11.3 Å². The molecule has 3 heterocycles. The van der Waals surface area contributed by atoms with Crippen molar-refractivity contribution < 1.29 is 13.2 Å². The summed E-state index contributed by atoms with van der Waals surface area (Å²) in [5.74, 6) is 0.695. The smallest absolute Gasteiger partial charge is 0.263 e. The second-order valence-electron chi connectivity index (χ2n) is 8.14. The first-order valence-corrected chi connectivity index (χ1v) is 14.0. The van der Waals surface area contributed by atoms with Crippen LogP contribution in [0.15, 0.2) is 9.95 Å². The van der Waals surface area contributed by atoms with E-state index < -0.39 is 10.0 Å². The number of thiophene rings is 1. The normalized spacial score (nSPS) is 19.6. The summed E-state index contributed by atoms with van der Waals surface area (Å²) >= 11 is 3.13. The number of ether oxygens (including phenoxy) is 1. The summed E-state index contributed by atoms with van der Waals surface area (Å²) in [5.41, 5.74) is 1.24. The summed E-state index contributed by atoms with van der Waals surface area (Å²) in [7, 11) is -0.110. The summed E-state index contributed by atoms with van der Waals surface area (Å²) in [6, 6.07) is 0. The second kappa shape index (κ2) is 9.28. The van der Waals surface area contributed by atoms with Crippen LogP contribution in [-0.2, 0) is 34.1 Å². The van der Waals surface area contributed by atoms with Gasteiger partial charge in [0.25, 0.3) is 5.56 Å². The Hall–Kier alpha value is -0.940. The van der Waals surface area contributed by atoms with Crippen LogP contribution in [0.4, 0.5) is 0 Å². The van der Waals surface area contributed by atoms with E-state index in [0.29, 0.717) is 23.9 Å². The van der Waals surface area contributed by atoms with Gasteiger partial charge in [0.1, 0.15) is 4.83 Å². The Kier molecular flexibility index (Phi) is 6.88. The molecule has 166 valence electrons. The summed E-state index contributed by atoms with van der Waals surface area (Å²) in [6.07, 6.45) is 6.83. The van der Waals surface area contributed by atoms with Gasteiger partial charge in [0.05, 0.1) is 23.8 Å². The van der Waals surface area contributed by atoms with Crippen LogP contribution in [0.2, 0.25) is 0 Å². The van der Waals surface area contributed by atoms with Gasteiger partial charge in [-0.3, -0.25) is 9.36 Å². The van der Waals surface area contributed by atoms with Crippen LogP contribution in [0.3, 0.4) is 0 Å². The van der Waals surface area contributed by atoms with E-state index in [9.17, 15) is 13.2 Å². The van der Waals surface area contributed by atoms with Crippen LogP contribution in [0.1, 0.15) is 42.5 Å². The van der Waals surface area contributed by atoms with Gasteiger partial charge in [-0.1, -0.05) is 11.8 Å². The minimum atomic E-state index is -3.21. The quantitative estimate of drug-likeness (QED) is 0.335. The molecule has 30 heavy (non-hydrogen) atoms. The molecule has 2 aliphatic rings. The fraction of sp³-hybridized carbons (Fsp3) is 0.700. The van der Waals surface area contributed by atoms with Gasteiger partial charge in [0.15, 0.2) is 5.16 Å². The molecule has 0 N–H and O–H groups in total. The Morgan fingerprint density at radius 3 is 2.80 bits per heavy atom. The number of thioether (sulfide) groups is 1. The van der Waals surface area contributed by atoms with E-state index in [1.807, 2.05) is 0 Å². The number of aromatic nitrogens is 2. The van der Waals surface area contributed by atoms with Crippen molar-refractivity contribution in [3.63, 3.8) is 0 Å². The lowest BCUT2D eigenvalue weighted by Crippen LogP contribution is -2.29. The van der Waals surface area contributed by atoms with Crippen LogP contribution in [-0.4, -0.2) is 60.6 Å². The third-order valence-corrected chi connectivity index (χ3v) is 9.95. The van der Waals surface area contributed by atoms with E-state index in [4.69, 9.17) is 9.72 Å². The lowest BCUT2D eigenvalue weighted by atomic mass is 9.97. The van der Waals surface area contributed by atoms with E-state index in [-0.39, 0.29) is 17.4 Å². The first kappa shape index (κ1) is 22.3. The van der Waals surface area contributed by atoms with Gasteiger partial charge in [0.2, 0.25) is 10.0 Å². The fourth-order valence-corrected chi connectivity index (χ4v) is 7.38. The molecule has 1 fully saturated rings. The summed E-state index contributed by atoms with van der Waals surface area (Å²) in [6.45, 7) is 1.26. The van der Waals surface area contributed by atoms with Gasteiger partial charge >= 0.3 is 0 Å². The van der Waals surface area contributed by atoms with E-state index >= 15 is 0 Å². The van der Waals surface area contributed by atoms with Crippen LogP contribution >= 0.6 is 23.1 Å².